The number of nitrogens with one attached hydrogen (secondary N) is 1. The molecule has 0 aromatic heterocycles. The molecule has 1 saturated heterocycles. The molecule has 7 heteroatoms. The number of carbonyl (C=O) groups excluding carboxylic acids is 3. The SMILES string of the molecule is C[C@@H](NC(=O)N1C(=O)CC1SCc1ccc(C(C(=O)[O-])C(C)(C)C)cc1)c1ccccc1. The number of rotatable bonds is 7. The molecule has 0 saturated carbocycles. The van der Waals surface area contributed by atoms with Gasteiger partial charge in [0, 0.05) is 17.6 Å². The predicted octanol–water partition coefficient (Wildman–Crippen LogP) is 3.83. The molecule has 2 unspecified atom stereocenters. The number of carboxylic acid groups (broad SMARTS) is 1. The van der Waals surface area contributed by atoms with E-state index in [1.54, 1.807) is 0 Å². The summed E-state index contributed by atoms with van der Waals surface area (Å²) < 4.78 is 0. The Morgan fingerprint density at radius 1 is 1.09 bits per heavy atom. The van der Waals surface area contributed by atoms with E-state index >= 15 is 0 Å². The Balaban J connectivity index is 1.58. The summed E-state index contributed by atoms with van der Waals surface area (Å²) in [6, 6.07) is 16.4. The molecule has 1 aliphatic rings. The van der Waals surface area contributed by atoms with Gasteiger partial charge in [0.2, 0.25) is 5.91 Å². The summed E-state index contributed by atoms with van der Waals surface area (Å²) in [6.07, 6.45) is 0.326. The van der Waals surface area contributed by atoms with Gasteiger partial charge in [0.15, 0.2) is 0 Å². The maximum absolute atomic E-state index is 12.6. The van der Waals surface area contributed by atoms with E-state index in [-0.39, 0.29) is 23.4 Å². The summed E-state index contributed by atoms with van der Waals surface area (Å²) in [5.74, 6) is -1.35. The highest BCUT2D eigenvalue weighted by Gasteiger charge is 2.41. The van der Waals surface area contributed by atoms with Crippen LogP contribution in [0.2, 0.25) is 0 Å². The first kappa shape index (κ1) is 23.9. The molecule has 32 heavy (non-hydrogen) atoms. The molecule has 6 nitrogen and oxygen atoms in total. The lowest BCUT2D eigenvalue weighted by molar-refractivity contribution is -0.310. The van der Waals surface area contributed by atoms with E-state index in [9.17, 15) is 19.5 Å². The largest absolute Gasteiger partial charge is 0.549 e. The third-order valence-corrected chi connectivity index (χ3v) is 6.88. The molecule has 2 aromatic rings. The third kappa shape index (κ3) is 5.51. The van der Waals surface area contributed by atoms with Gasteiger partial charge in [-0.3, -0.25) is 9.69 Å². The summed E-state index contributed by atoms with van der Waals surface area (Å²) >= 11 is 1.52. The zero-order chi connectivity index (χ0) is 23.5. The predicted molar refractivity (Wildman–Crippen MR) is 124 cm³/mol. The van der Waals surface area contributed by atoms with Gasteiger partial charge >= 0.3 is 6.03 Å². The smallest absolute Gasteiger partial charge is 0.325 e. The minimum absolute atomic E-state index is 0.183. The Hall–Kier alpha value is -2.80. The maximum atomic E-state index is 12.6. The summed E-state index contributed by atoms with van der Waals surface area (Å²) in [4.78, 5) is 37.6. The van der Waals surface area contributed by atoms with Crippen LogP contribution in [0.1, 0.15) is 62.8 Å². The number of nitrogens with zero attached hydrogens (tertiary/aromatic N) is 1. The van der Waals surface area contributed by atoms with E-state index in [2.05, 4.69) is 5.32 Å². The van der Waals surface area contributed by atoms with Crippen molar-refractivity contribution in [3.8, 4) is 0 Å². The van der Waals surface area contributed by atoms with Crippen molar-refractivity contribution in [2.75, 3.05) is 0 Å². The zero-order valence-corrected chi connectivity index (χ0v) is 19.6. The molecular formula is C25H29N2O4S-. The Labute approximate surface area is 193 Å². The highest BCUT2D eigenvalue weighted by atomic mass is 32.2. The maximum Gasteiger partial charge on any atom is 0.325 e. The minimum atomic E-state index is -1.08. The number of benzene rings is 2. The number of imide groups is 1. The number of carboxylic acids is 1. The standard InChI is InChI=1S/C25H30N2O4S/c1-16(18-8-6-5-7-9-18)26-24(31)27-20(28)14-21(27)32-15-17-10-12-19(13-11-17)22(23(29)30)25(2,3)4/h5-13,16,21-22H,14-15H2,1-4H3,(H,26,31)(H,29,30)/p-1/t16-,21?,22?/m1/s1. The van der Waals surface area contributed by atoms with Gasteiger partial charge in [-0.05, 0) is 29.0 Å². The van der Waals surface area contributed by atoms with Crippen LogP contribution in [0.3, 0.4) is 0 Å². The Kier molecular flexibility index (Phi) is 7.29. The average molecular weight is 454 g/mol. The normalized spacial score (nSPS) is 17.9. The van der Waals surface area contributed by atoms with E-state index in [4.69, 9.17) is 0 Å². The first-order valence-electron chi connectivity index (χ1n) is 10.7. The molecule has 2 aromatic carbocycles. The second kappa shape index (κ2) is 9.77. The number of thioether (sulfide) groups is 1. The monoisotopic (exact) mass is 453 g/mol. The van der Waals surface area contributed by atoms with Crippen molar-refractivity contribution < 1.29 is 19.5 Å². The van der Waals surface area contributed by atoms with Crippen LogP contribution in [-0.2, 0) is 15.3 Å². The number of urea groups is 1. The molecule has 0 spiro atoms. The molecule has 1 heterocycles. The summed E-state index contributed by atoms with van der Waals surface area (Å²) in [7, 11) is 0. The lowest BCUT2D eigenvalue weighted by Gasteiger charge is -2.38. The Bertz CT molecular complexity index is 970. The van der Waals surface area contributed by atoms with Crippen molar-refractivity contribution in [3.63, 3.8) is 0 Å². The van der Waals surface area contributed by atoms with Crippen LogP contribution in [0.15, 0.2) is 54.6 Å². The average Bonchev–Trinajstić information content (AvgIpc) is 2.71. The van der Waals surface area contributed by atoms with Crippen molar-refractivity contribution in [3.05, 3.63) is 71.3 Å². The lowest BCUT2D eigenvalue weighted by atomic mass is 9.76. The van der Waals surface area contributed by atoms with E-state index in [0.29, 0.717) is 17.7 Å². The van der Waals surface area contributed by atoms with Crippen LogP contribution in [0.25, 0.3) is 0 Å². The van der Waals surface area contributed by atoms with Gasteiger partial charge in [-0.2, -0.15) is 0 Å². The highest BCUT2D eigenvalue weighted by molar-refractivity contribution is 7.99. The number of aliphatic carboxylic acids is 1. The van der Waals surface area contributed by atoms with Crippen LogP contribution < -0.4 is 10.4 Å². The molecule has 3 atom stereocenters. The van der Waals surface area contributed by atoms with Crippen LogP contribution in [0.5, 0.6) is 0 Å². The number of carbonyl (C=O) groups is 3. The quantitative estimate of drug-likeness (QED) is 0.644. The Morgan fingerprint density at radius 2 is 1.72 bits per heavy atom. The van der Waals surface area contributed by atoms with Gasteiger partial charge in [0.25, 0.3) is 0 Å². The van der Waals surface area contributed by atoms with Crippen LogP contribution in [0.4, 0.5) is 4.79 Å². The van der Waals surface area contributed by atoms with E-state index in [1.807, 2.05) is 82.3 Å². The second-order valence-electron chi connectivity index (χ2n) is 9.18. The van der Waals surface area contributed by atoms with Crippen molar-refractivity contribution in [2.24, 2.45) is 5.41 Å². The van der Waals surface area contributed by atoms with Crippen molar-refractivity contribution in [2.45, 2.75) is 57.2 Å². The molecule has 170 valence electrons. The number of amides is 3. The number of hydrogen-bond acceptors (Lipinski definition) is 5. The molecule has 3 rings (SSSR count). The molecule has 1 aliphatic heterocycles. The summed E-state index contributed by atoms with van der Waals surface area (Å²) in [6.45, 7) is 7.52. The van der Waals surface area contributed by atoms with Gasteiger partial charge in [0.1, 0.15) is 0 Å². The van der Waals surface area contributed by atoms with Crippen molar-refractivity contribution in [1.82, 2.24) is 10.2 Å². The zero-order valence-electron chi connectivity index (χ0n) is 18.8. The van der Waals surface area contributed by atoms with E-state index in [0.717, 1.165) is 11.1 Å². The summed E-state index contributed by atoms with van der Waals surface area (Å²) in [5, 5.41) is 14.3. The van der Waals surface area contributed by atoms with Crippen LogP contribution in [0, 0.1) is 5.41 Å². The van der Waals surface area contributed by atoms with Crippen LogP contribution >= 0.6 is 11.8 Å². The third-order valence-electron chi connectivity index (χ3n) is 5.62. The minimum Gasteiger partial charge on any atom is -0.549 e. The first-order valence-corrected chi connectivity index (χ1v) is 11.7. The topological polar surface area (TPSA) is 89.5 Å². The molecule has 0 radical (unpaired) electrons. The van der Waals surface area contributed by atoms with Crippen molar-refractivity contribution >= 4 is 29.7 Å². The molecule has 0 aliphatic carbocycles. The number of β-lactam (4-membered cyclic amide) rings is 1. The fourth-order valence-electron chi connectivity index (χ4n) is 3.83. The van der Waals surface area contributed by atoms with Gasteiger partial charge in [0.05, 0.1) is 17.8 Å². The summed E-state index contributed by atoms with van der Waals surface area (Å²) in [5.41, 5.74) is 2.23. The first-order chi connectivity index (χ1) is 15.1. The van der Waals surface area contributed by atoms with E-state index in [1.165, 1.54) is 16.7 Å². The van der Waals surface area contributed by atoms with Gasteiger partial charge in [-0.15, -0.1) is 11.8 Å². The fraction of sp³-hybridized carbons (Fsp3) is 0.400. The molecule has 1 N–H and O–H groups in total. The molecule has 3 amide bonds. The van der Waals surface area contributed by atoms with Crippen LogP contribution in [-0.4, -0.2) is 28.2 Å². The van der Waals surface area contributed by atoms with E-state index < -0.39 is 17.3 Å². The fourth-order valence-corrected chi connectivity index (χ4v) is 5.03. The molecule has 0 bridgehead atoms. The highest BCUT2D eigenvalue weighted by Crippen LogP contribution is 2.36. The van der Waals surface area contributed by atoms with Gasteiger partial charge in [-0.25, -0.2) is 4.79 Å². The molecule has 1 fully saturated rings. The number of hydrogen-bond donors (Lipinski definition) is 1. The van der Waals surface area contributed by atoms with Gasteiger partial charge in [-0.1, -0.05) is 75.4 Å². The van der Waals surface area contributed by atoms with Crippen molar-refractivity contribution in [1.29, 1.82) is 0 Å². The second-order valence-corrected chi connectivity index (χ2v) is 10.3. The Morgan fingerprint density at radius 3 is 2.25 bits per heavy atom. The van der Waals surface area contributed by atoms with Gasteiger partial charge < -0.3 is 15.2 Å². The lowest BCUT2D eigenvalue weighted by Crippen LogP contribution is -2.57. The molecular weight excluding hydrogens is 424 g/mol. The number of likely N-dealkylation sites (tertiary alicyclic amines) is 1.